The van der Waals surface area contributed by atoms with Crippen LogP contribution in [0.25, 0.3) is 11.4 Å². The van der Waals surface area contributed by atoms with E-state index in [0.29, 0.717) is 10.3 Å². The molecule has 3 N–H and O–H groups in total. The Morgan fingerprint density at radius 2 is 1.65 bits per heavy atom. The Morgan fingerprint density at radius 1 is 1.03 bits per heavy atom. The Labute approximate surface area is 186 Å². The highest BCUT2D eigenvalue weighted by molar-refractivity contribution is 5.75. The second-order valence-electron chi connectivity index (χ2n) is 7.11. The first-order chi connectivity index (χ1) is 15.7. The average molecular weight is 501 g/mol. The van der Waals surface area contributed by atoms with Gasteiger partial charge in [-0.15, -0.1) is 10.2 Å². The van der Waals surface area contributed by atoms with E-state index in [2.05, 4.69) is 14.9 Å². The fourth-order valence-corrected chi connectivity index (χ4v) is 3.15. The minimum absolute atomic E-state index is 0.120. The highest BCUT2D eigenvalue weighted by Crippen LogP contribution is 2.36. The van der Waals surface area contributed by atoms with Crippen LogP contribution < -0.4 is 4.74 Å². The van der Waals surface area contributed by atoms with Crippen LogP contribution in [0, 0.1) is 0 Å². The molecule has 10 nitrogen and oxygen atoms in total. The predicted octanol–water partition coefficient (Wildman–Crippen LogP) is 1.10. The normalized spacial score (nSPS) is 25.8. The van der Waals surface area contributed by atoms with Gasteiger partial charge in [0.25, 0.3) is 0 Å². The number of aliphatic hydroxyl groups excluding tert-OH is 3. The van der Waals surface area contributed by atoms with E-state index in [0.717, 1.165) is 0 Å². The molecule has 1 fully saturated rings. The van der Waals surface area contributed by atoms with Crippen molar-refractivity contribution in [2.75, 3.05) is 7.11 Å². The number of aliphatic hydroxyl groups is 3. The van der Waals surface area contributed by atoms with Crippen LogP contribution >= 0.6 is 0 Å². The Hall–Kier alpha value is -2.95. The molecule has 0 bridgehead atoms. The van der Waals surface area contributed by atoms with Crippen molar-refractivity contribution in [1.82, 2.24) is 14.8 Å². The molecule has 0 amide bonds. The molecule has 1 unspecified atom stereocenters. The van der Waals surface area contributed by atoms with Crippen molar-refractivity contribution in [2.45, 2.75) is 49.6 Å². The summed E-state index contributed by atoms with van der Waals surface area (Å²) in [5.41, 5.74) is 0.120. The minimum Gasteiger partial charge on any atom is -0.497 e. The van der Waals surface area contributed by atoms with Crippen LogP contribution in [0.4, 0.5) is 26.3 Å². The molecule has 5 atom stereocenters. The number of aromatic nitrogens is 3. The van der Waals surface area contributed by atoms with E-state index in [4.69, 9.17) is 9.47 Å². The lowest BCUT2D eigenvalue weighted by Gasteiger charge is -2.39. The summed E-state index contributed by atoms with van der Waals surface area (Å²) in [5.74, 6) is -3.54. The van der Waals surface area contributed by atoms with E-state index in [1.54, 1.807) is 0 Å². The third-order valence-corrected chi connectivity index (χ3v) is 4.74. The zero-order chi connectivity index (χ0) is 25.4. The first-order valence-electron chi connectivity index (χ1n) is 9.34. The molecule has 0 radical (unpaired) electrons. The van der Waals surface area contributed by atoms with Gasteiger partial charge in [-0.3, -0.25) is 4.57 Å². The van der Waals surface area contributed by atoms with E-state index < -0.39 is 61.4 Å². The number of benzene rings is 1. The first kappa shape index (κ1) is 25.7. The maximum Gasteiger partial charge on any atom is 0.491 e. The van der Waals surface area contributed by atoms with Crippen LogP contribution in [-0.4, -0.2) is 80.1 Å². The molecule has 3 rings (SSSR count). The van der Waals surface area contributed by atoms with Crippen molar-refractivity contribution in [3.8, 4) is 17.1 Å². The van der Waals surface area contributed by atoms with Gasteiger partial charge in [0, 0.05) is 5.56 Å². The van der Waals surface area contributed by atoms with Gasteiger partial charge in [-0.1, -0.05) is 0 Å². The fraction of sp³-hybridized carbons (Fsp3) is 0.500. The summed E-state index contributed by atoms with van der Waals surface area (Å²) in [6, 6.07) is 5.54. The van der Waals surface area contributed by atoms with Crippen LogP contribution in [0.3, 0.4) is 0 Å². The molecule has 2 heterocycles. The van der Waals surface area contributed by atoms with Gasteiger partial charge >= 0.3 is 18.3 Å². The minimum atomic E-state index is -5.50. The Kier molecular flexibility index (Phi) is 7.07. The number of ether oxygens (including phenoxy) is 3. The number of hydrogen-bond donors (Lipinski definition) is 3. The highest BCUT2D eigenvalue weighted by Gasteiger charge is 2.51. The number of esters is 1. The zero-order valence-corrected chi connectivity index (χ0v) is 17.0. The number of alkyl halides is 6. The molecule has 0 saturated carbocycles. The van der Waals surface area contributed by atoms with E-state index in [1.165, 1.54) is 31.4 Å². The molecule has 2 aromatic rings. The predicted molar refractivity (Wildman–Crippen MR) is 95.8 cm³/mol. The van der Waals surface area contributed by atoms with Crippen molar-refractivity contribution in [1.29, 1.82) is 0 Å². The molecule has 34 heavy (non-hydrogen) atoms. The van der Waals surface area contributed by atoms with E-state index in [9.17, 15) is 46.5 Å². The van der Waals surface area contributed by atoms with Crippen molar-refractivity contribution in [3.05, 3.63) is 30.1 Å². The Morgan fingerprint density at radius 3 is 2.18 bits per heavy atom. The summed E-state index contributed by atoms with van der Waals surface area (Å²) in [4.78, 5) is 11.1. The molecule has 1 aromatic carbocycles. The van der Waals surface area contributed by atoms with Crippen LogP contribution in [0.5, 0.6) is 5.75 Å². The third kappa shape index (κ3) is 5.40. The standard InChI is InChI=1S/C18H17F6N3O7/c1-32-8-4-2-7(3-5-8)13-25-26-14(27(13)6-17(19,20)21)12-10(29)9(28)11(30)15(33-12)34-16(31)18(22,23)24/h2-5,9-12,15,28-30H,6H2,1H3/t9-,10-,11+,12?,15-/m0/s1. The number of hydrogen-bond acceptors (Lipinski definition) is 9. The molecule has 16 heteroatoms. The van der Waals surface area contributed by atoms with Crippen molar-refractivity contribution >= 4 is 5.97 Å². The van der Waals surface area contributed by atoms with Crippen molar-refractivity contribution in [2.24, 2.45) is 0 Å². The quantitative estimate of drug-likeness (QED) is 0.407. The van der Waals surface area contributed by atoms with Gasteiger partial charge in [0.05, 0.1) is 7.11 Å². The van der Waals surface area contributed by atoms with Crippen LogP contribution in [0.2, 0.25) is 0 Å². The molecule has 1 aromatic heterocycles. The summed E-state index contributed by atoms with van der Waals surface area (Å²) in [6.07, 6.45) is -21.7. The van der Waals surface area contributed by atoms with Gasteiger partial charge in [0.2, 0.25) is 6.29 Å². The van der Waals surface area contributed by atoms with E-state index in [-0.39, 0.29) is 11.4 Å². The number of halogens is 6. The number of nitrogens with zero attached hydrogens (tertiary/aromatic N) is 3. The van der Waals surface area contributed by atoms with Gasteiger partial charge in [0.1, 0.15) is 36.7 Å². The monoisotopic (exact) mass is 501 g/mol. The fourth-order valence-electron chi connectivity index (χ4n) is 3.15. The molecule has 1 saturated heterocycles. The molecule has 188 valence electrons. The summed E-state index contributed by atoms with van der Waals surface area (Å²) in [5, 5.41) is 37.4. The van der Waals surface area contributed by atoms with Crippen molar-refractivity contribution < 1.29 is 60.7 Å². The molecule has 0 aliphatic carbocycles. The molecule has 0 spiro atoms. The van der Waals surface area contributed by atoms with Gasteiger partial charge in [-0.25, -0.2) is 4.79 Å². The maximum atomic E-state index is 13.3. The molecule has 1 aliphatic rings. The van der Waals surface area contributed by atoms with Crippen molar-refractivity contribution in [3.63, 3.8) is 0 Å². The maximum absolute atomic E-state index is 13.3. The number of rotatable bonds is 5. The largest absolute Gasteiger partial charge is 0.497 e. The molecular weight excluding hydrogens is 484 g/mol. The lowest BCUT2D eigenvalue weighted by Crippen LogP contribution is -2.56. The summed E-state index contributed by atoms with van der Waals surface area (Å²) < 4.78 is 91.9. The van der Waals surface area contributed by atoms with Crippen LogP contribution in [0.15, 0.2) is 24.3 Å². The number of carbonyl (C=O) groups excluding carboxylic acids is 1. The second-order valence-corrected chi connectivity index (χ2v) is 7.11. The van der Waals surface area contributed by atoms with E-state index >= 15 is 0 Å². The van der Waals surface area contributed by atoms with E-state index in [1.807, 2.05) is 0 Å². The smallest absolute Gasteiger partial charge is 0.491 e. The number of carbonyl (C=O) groups is 1. The lowest BCUT2D eigenvalue weighted by molar-refractivity contribution is -0.303. The second kappa shape index (κ2) is 9.36. The highest BCUT2D eigenvalue weighted by atomic mass is 19.4. The molecule has 1 aliphatic heterocycles. The van der Waals surface area contributed by atoms with Gasteiger partial charge in [0.15, 0.2) is 11.6 Å². The van der Waals surface area contributed by atoms with Gasteiger partial charge < -0.3 is 29.5 Å². The van der Waals surface area contributed by atoms with Crippen LogP contribution in [-0.2, 0) is 20.8 Å². The van der Waals surface area contributed by atoms with Gasteiger partial charge in [-0.05, 0) is 24.3 Å². The van der Waals surface area contributed by atoms with Gasteiger partial charge in [-0.2, -0.15) is 26.3 Å². The number of methoxy groups -OCH3 is 1. The SMILES string of the molecule is COc1ccc(-c2nnc(C3O[C@@H](OC(=O)C(F)(F)F)[C@H](O)[C@@H](O)[C@@H]3O)n2CC(F)(F)F)cc1. The first-order valence-corrected chi connectivity index (χ1v) is 9.34. The Bertz CT molecular complexity index is 1010. The topological polar surface area (TPSA) is 136 Å². The Balaban J connectivity index is 2.02. The lowest BCUT2D eigenvalue weighted by atomic mass is 9.98. The van der Waals surface area contributed by atoms with Crippen LogP contribution in [0.1, 0.15) is 11.9 Å². The summed E-state index contributed by atoms with van der Waals surface area (Å²) in [6.45, 7) is -1.71. The molecular formula is C18H17F6N3O7. The zero-order valence-electron chi connectivity index (χ0n) is 17.0. The summed E-state index contributed by atoms with van der Waals surface area (Å²) >= 11 is 0. The average Bonchev–Trinajstić information content (AvgIpc) is 3.14. The summed E-state index contributed by atoms with van der Waals surface area (Å²) in [7, 11) is 1.36. The third-order valence-electron chi connectivity index (χ3n) is 4.74.